The van der Waals surface area contributed by atoms with E-state index in [1.165, 1.54) is 24.5 Å². The van der Waals surface area contributed by atoms with Crippen molar-refractivity contribution in [3.8, 4) is 22.8 Å². The van der Waals surface area contributed by atoms with Crippen LogP contribution in [0.5, 0.6) is 11.5 Å². The lowest BCUT2D eigenvalue weighted by Gasteiger charge is -2.10. The summed E-state index contributed by atoms with van der Waals surface area (Å²) in [5, 5.41) is 12.1. The molecule has 3 aromatic rings. The summed E-state index contributed by atoms with van der Waals surface area (Å²) in [5.41, 5.74) is 2.40. The third-order valence-corrected chi connectivity index (χ3v) is 4.81. The number of carbonyl (C=O) groups is 1. The second-order valence-corrected chi connectivity index (χ2v) is 6.83. The lowest BCUT2D eigenvalue weighted by Crippen LogP contribution is -1.98. The Morgan fingerprint density at radius 1 is 1.26 bits per heavy atom. The molecule has 138 valence electrons. The molecule has 0 atom stereocenters. The number of benzene rings is 2. The molecule has 0 fully saturated rings. The standard InChI is InChI=1S/C20H16ClNO4S/c1-25-18-10-13(7-9-20(23)24)6-8-17(18)26-11-19-22-16(12-27-19)14-4-2-3-5-15(14)21/h2-10,12H,11H2,1H3,(H,23,24)/b9-7+. The van der Waals surface area contributed by atoms with Crippen molar-refractivity contribution in [3.05, 3.63) is 69.5 Å². The highest BCUT2D eigenvalue weighted by atomic mass is 35.5. The van der Waals surface area contributed by atoms with E-state index in [0.717, 1.165) is 22.3 Å². The van der Waals surface area contributed by atoms with E-state index in [9.17, 15) is 4.79 Å². The first kappa shape index (κ1) is 18.9. The molecule has 1 heterocycles. The van der Waals surface area contributed by atoms with Crippen LogP contribution < -0.4 is 9.47 Å². The van der Waals surface area contributed by atoms with E-state index in [4.69, 9.17) is 26.2 Å². The van der Waals surface area contributed by atoms with Gasteiger partial charge < -0.3 is 14.6 Å². The molecule has 0 saturated heterocycles. The van der Waals surface area contributed by atoms with Crippen LogP contribution in [-0.4, -0.2) is 23.2 Å². The zero-order chi connectivity index (χ0) is 19.2. The number of carboxylic acids is 1. The maximum absolute atomic E-state index is 10.6. The number of aromatic nitrogens is 1. The van der Waals surface area contributed by atoms with Gasteiger partial charge in [0.25, 0.3) is 0 Å². The van der Waals surface area contributed by atoms with Gasteiger partial charge in [0.15, 0.2) is 11.5 Å². The molecule has 1 N–H and O–H groups in total. The Labute approximate surface area is 165 Å². The fourth-order valence-electron chi connectivity index (χ4n) is 2.38. The molecule has 5 nitrogen and oxygen atoms in total. The number of halogens is 1. The Morgan fingerprint density at radius 2 is 2.07 bits per heavy atom. The van der Waals surface area contributed by atoms with Crippen molar-refractivity contribution >= 4 is 35.0 Å². The van der Waals surface area contributed by atoms with Gasteiger partial charge in [-0.1, -0.05) is 35.9 Å². The molecule has 3 rings (SSSR count). The number of hydrogen-bond donors (Lipinski definition) is 1. The fourth-order valence-corrected chi connectivity index (χ4v) is 3.32. The number of aliphatic carboxylic acids is 1. The molecule has 2 aromatic carbocycles. The zero-order valence-electron chi connectivity index (χ0n) is 14.4. The van der Waals surface area contributed by atoms with Gasteiger partial charge in [0.1, 0.15) is 11.6 Å². The molecule has 0 amide bonds. The fraction of sp³-hybridized carbons (Fsp3) is 0.100. The van der Waals surface area contributed by atoms with Crippen molar-refractivity contribution in [3.63, 3.8) is 0 Å². The highest BCUT2D eigenvalue weighted by molar-refractivity contribution is 7.09. The number of nitrogens with zero attached hydrogens (tertiary/aromatic N) is 1. The molecule has 1 aromatic heterocycles. The molecule has 0 aliphatic rings. The Morgan fingerprint density at radius 3 is 2.81 bits per heavy atom. The summed E-state index contributed by atoms with van der Waals surface area (Å²) in [6, 6.07) is 12.8. The van der Waals surface area contributed by atoms with Gasteiger partial charge in [0.05, 0.1) is 12.8 Å². The van der Waals surface area contributed by atoms with E-state index in [1.807, 2.05) is 29.6 Å². The Kier molecular flexibility index (Phi) is 6.11. The molecule has 0 bridgehead atoms. The van der Waals surface area contributed by atoms with Gasteiger partial charge in [0, 0.05) is 22.0 Å². The molecule has 27 heavy (non-hydrogen) atoms. The summed E-state index contributed by atoms with van der Waals surface area (Å²) in [4.78, 5) is 15.2. The minimum Gasteiger partial charge on any atom is -0.493 e. The normalized spacial score (nSPS) is 10.9. The first-order valence-corrected chi connectivity index (χ1v) is 9.23. The van der Waals surface area contributed by atoms with Gasteiger partial charge >= 0.3 is 5.97 Å². The summed E-state index contributed by atoms with van der Waals surface area (Å²) in [6.07, 6.45) is 2.56. The van der Waals surface area contributed by atoms with Gasteiger partial charge in [0.2, 0.25) is 0 Å². The van der Waals surface area contributed by atoms with Crippen LogP contribution in [0.2, 0.25) is 5.02 Å². The SMILES string of the molecule is COc1cc(/C=C/C(=O)O)ccc1OCc1nc(-c2ccccc2Cl)cs1. The minimum atomic E-state index is -1.01. The summed E-state index contributed by atoms with van der Waals surface area (Å²) in [7, 11) is 1.53. The largest absolute Gasteiger partial charge is 0.493 e. The Balaban J connectivity index is 1.72. The zero-order valence-corrected chi connectivity index (χ0v) is 16.0. The van der Waals surface area contributed by atoms with Gasteiger partial charge in [-0.25, -0.2) is 9.78 Å². The van der Waals surface area contributed by atoms with E-state index in [-0.39, 0.29) is 6.61 Å². The van der Waals surface area contributed by atoms with Crippen LogP contribution in [0, 0.1) is 0 Å². The van der Waals surface area contributed by atoms with Gasteiger partial charge in [-0.05, 0) is 29.8 Å². The molecular weight excluding hydrogens is 386 g/mol. The summed E-state index contributed by atoms with van der Waals surface area (Å²) < 4.78 is 11.2. The monoisotopic (exact) mass is 401 g/mol. The molecule has 0 aliphatic heterocycles. The van der Waals surface area contributed by atoms with Crippen LogP contribution in [0.25, 0.3) is 17.3 Å². The van der Waals surface area contributed by atoms with Crippen LogP contribution >= 0.6 is 22.9 Å². The summed E-state index contributed by atoms with van der Waals surface area (Å²) in [5.74, 6) is 0.0669. The van der Waals surface area contributed by atoms with Crippen molar-refractivity contribution in [1.82, 2.24) is 4.98 Å². The lowest BCUT2D eigenvalue weighted by atomic mass is 10.2. The maximum Gasteiger partial charge on any atom is 0.328 e. The van der Waals surface area contributed by atoms with Crippen LogP contribution in [-0.2, 0) is 11.4 Å². The van der Waals surface area contributed by atoms with Crippen molar-refractivity contribution < 1.29 is 19.4 Å². The van der Waals surface area contributed by atoms with Gasteiger partial charge in [-0.2, -0.15) is 0 Å². The molecule has 0 radical (unpaired) electrons. The smallest absolute Gasteiger partial charge is 0.328 e. The second-order valence-electron chi connectivity index (χ2n) is 5.48. The summed E-state index contributed by atoms with van der Waals surface area (Å²) >= 11 is 7.70. The van der Waals surface area contributed by atoms with Gasteiger partial charge in [-0.15, -0.1) is 11.3 Å². The highest BCUT2D eigenvalue weighted by Crippen LogP contribution is 2.31. The predicted octanol–water partition coefficient (Wildman–Crippen LogP) is 5.15. The Hall–Kier alpha value is -2.83. The minimum absolute atomic E-state index is 0.287. The average Bonchev–Trinajstić information content (AvgIpc) is 3.14. The highest BCUT2D eigenvalue weighted by Gasteiger charge is 2.10. The third-order valence-electron chi connectivity index (χ3n) is 3.66. The van der Waals surface area contributed by atoms with E-state index < -0.39 is 5.97 Å². The van der Waals surface area contributed by atoms with Crippen molar-refractivity contribution in [2.75, 3.05) is 7.11 Å². The van der Waals surface area contributed by atoms with Crippen LogP contribution in [0.1, 0.15) is 10.6 Å². The average molecular weight is 402 g/mol. The predicted molar refractivity (Wildman–Crippen MR) is 107 cm³/mol. The molecule has 0 unspecified atom stereocenters. The van der Waals surface area contributed by atoms with Crippen LogP contribution in [0.3, 0.4) is 0 Å². The van der Waals surface area contributed by atoms with Gasteiger partial charge in [-0.3, -0.25) is 0 Å². The van der Waals surface area contributed by atoms with Crippen LogP contribution in [0.4, 0.5) is 0 Å². The number of methoxy groups -OCH3 is 1. The van der Waals surface area contributed by atoms with Crippen molar-refractivity contribution in [2.24, 2.45) is 0 Å². The first-order chi connectivity index (χ1) is 13.1. The second kappa shape index (κ2) is 8.70. The topological polar surface area (TPSA) is 68.7 Å². The summed E-state index contributed by atoms with van der Waals surface area (Å²) in [6.45, 7) is 0.287. The molecule has 0 spiro atoms. The first-order valence-electron chi connectivity index (χ1n) is 7.98. The number of thiazole rings is 1. The number of ether oxygens (including phenoxy) is 2. The van der Waals surface area contributed by atoms with E-state index >= 15 is 0 Å². The van der Waals surface area contributed by atoms with E-state index in [0.29, 0.717) is 22.1 Å². The molecular formula is C20H16ClNO4S. The molecule has 0 saturated carbocycles. The van der Waals surface area contributed by atoms with Crippen molar-refractivity contribution in [1.29, 1.82) is 0 Å². The van der Waals surface area contributed by atoms with E-state index in [2.05, 4.69) is 4.98 Å². The van der Waals surface area contributed by atoms with Crippen molar-refractivity contribution in [2.45, 2.75) is 6.61 Å². The number of rotatable bonds is 7. The Bertz CT molecular complexity index is 984. The number of hydrogen-bond acceptors (Lipinski definition) is 5. The molecule has 7 heteroatoms. The lowest BCUT2D eigenvalue weighted by molar-refractivity contribution is -0.131. The van der Waals surface area contributed by atoms with E-state index in [1.54, 1.807) is 18.2 Å². The molecule has 0 aliphatic carbocycles. The van der Waals surface area contributed by atoms with Crippen LogP contribution in [0.15, 0.2) is 53.9 Å². The third kappa shape index (κ3) is 4.87. The quantitative estimate of drug-likeness (QED) is 0.554. The maximum atomic E-state index is 10.6. The number of carboxylic acid groups (broad SMARTS) is 1.